The molecule has 0 spiro atoms. The fourth-order valence-electron chi connectivity index (χ4n) is 1.47. The average molecular weight is 267 g/mol. The number of carbonyl (C=O) groups excluding carboxylic acids is 1. The Hall–Kier alpha value is -2.01. The van der Waals surface area contributed by atoms with Gasteiger partial charge in [-0.3, -0.25) is 4.79 Å². The molecule has 0 aliphatic rings. The molecule has 1 aromatic heterocycles. The summed E-state index contributed by atoms with van der Waals surface area (Å²) in [6.07, 6.45) is 1.41. The lowest BCUT2D eigenvalue weighted by molar-refractivity contribution is 0.101. The number of halogens is 1. The molecular weight excluding hydrogens is 256 g/mol. The number of rotatable bonds is 3. The van der Waals surface area contributed by atoms with Gasteiger partial charge in [-0.05, 0) is 25.1 Å². The molecule has 0 bridgehead atoms. The first-order valence-corrected chi connectivity index (χ1v) is 5.55. The van der Waals surface area contributed by atoms with E-state index in [4.69, 9.17) is 20.9 Å². The predicted octanol–water partition coefficient (Wildman–Crippen LogP) is 2.90. The van der Waals surface area contributed by atoms with Crippen molar-refractivity contribution in [1.82, 2.24) is 5.16 Å². The number of amides is 1. The fourth-order valence-corrected chi connectivity index (χ4v) is 1.64. The summed E-state index contributed by atoms with van der Waals surface area (Å²) in [4.78, 5) is 11.9. The Morgan fingerprint density at radius 3 is 2.89 bits per heavy atom. The van der Waals surface area contributed by atoms with Crippen molar-refractivity contribution >= 4 is 23.2 Å². The summed E-state index contributed by atoms with van der Waals surface area (Å²) in [5.74, 6) is 0.149. The highest BCUT2D eigenvalue weighted by molar-refractivity contribution is 6.31. The summed E-state index contributed by atoms with van der Waals surface area (Å²) in [5.41, 5.74) is 1.38. The molecule has 0 radical (unpaired) electrons. The van der Waals surface area contributed by atoms with E-state index >= 15 is 0 Å². The second-order valence-corrected chi connectivity index (χ2v) is 4.08. The number of hydrogen-bond donors (Lipinski definition) is 1. The van der Waals surface area contributed by atoms with Crippen LogP contribution < -0.4 is 10.1 Å². The topological polar surface area (TPSA) is 64.4 Å². The Kier molecular flexibility index (Phi) is 3.53. The number of anilines is 1. The van der Waals surface area contributed by atoms with E-state index in [0.717, 1.165) is 0 Å². The molecular formula is C12H11ClN2O3. The minimum absolute atomic E-state index is 0.233. The van der Waals surface area contributed by atoms with Crippen LogP contribution in [-0.4, -0.2) is 18.2 Å². The summed E-state index contributed by atoms with van der Waals surface area (Å²) in [7, 11) is 1.51. The van der Waals surface area contributed by atoms with Gasteiger partial charge in [0, 0.05) is 10.6 Å². The van der Waals surface area contributed by atoms with Crippen molar-refractivity contribution in [3.63, 3.8) is 0 Å². The molecule has 5 nitrogen and oxygen atoms in total. The van der Waals surface area contributed by atoms with E-state index in [1.54, 1.807) is 25.1 Å². The predicted molar refractivity (Wildman–Crippen MR) is 67.2 cm³/mol. The van der Waals surface area contributed by atoms with Crippen LogP contribution in [0, 0.1) is 6.92 Å². The Bertz CT molecular complexity index is 580. The Labute approximate surface area is 109 Å². The monoisotopic (exact) mass is 266 g/mol. The van der Waals surface area contributed by atoms with Crippen molar-refractivity contribution in [2.75, 3.05) is 12.4 Å². The summed E-state index contributed by atoms with van der Waals surface area (Å²) in [6, 6.07) is 4.96. The first kappa shape index (κ1) is 12.4. The van der Waals surface area contributed by atoms with E-state index in [-0.39, 0.29) is 11.6 Å². The van der Waals surface area contributed by atoms with Crippen molar-refractivity contribution < 1.29 is 14.1 Å². The smallest absolute Gasteiger partial charge is 0.278 e. The van der Waals surface area contributed by atoms with Crippen LogP contribution in [0.2, 0.25) is 5.02 Å². The third-order valence-corrected chi connectivity index (χ3v) is 2.61. The molecule has 0 fully saturated rings. The maximum Gasteiger partial charge on any atom is 0.278 e. The number of hydrogen-bond acceptors (Lipinski definition) is 4. The third-order valence-electron chi connectivity index (χ3n) is 2.37. The highest BCUT2D eigenvalue weighted by atomic mass is 35.5. The second-order valence-electron chi connectivity index (χ2n) is 3.64. The van der Waals surface area contributed by atoms with E-state index in [2.05, 4.69) is 10.5 Å². The molecule has 0 aliphatic heterocycles. The number of aromatic nitrogens is 1. The molecule has 2 aromatic rings. The fraction of sp³-hybridized carbons (Fsp3) is 0.167. The van der Waals surface area contributed by atoms with Gasteiger partial charge in [-0.15, -0.1) is 0 Å². The molecule has 18 heavy (non-hydrogen) atoms. The van der Waals surface area contributed by atoms with Crippen molar-refractivity contribution in [3.8, 4) is 5.75 Å². The van der Waals surface area contributed by atoms with Gasteiger partial charge in [0.15, 0.2) is 5.69 Å². The van der Waals surface area contributed by atoms with Crippen molar-refractivity contribution in [2.45, 2.75) is 6.92 Å². The van der Waals surface area contributed by atoms with E-state index < -0.39 is 0 Å². The number of nitrogens with one attached hydrogen (secondary N) is 1. The average Bonchev–Trinajstić information content (AvgIpc) is 2.76. The number of nitrogens with zero attached hydrogens (tertiary/aromatic N) is 1. The molecule has 94 valence electrons. The Balaban J connectivity index is 2.27. The maximum absolute atomic E-state index is 11.9. The zero-order valence-corrected chi connectivity index (χ0v) is 10.6. The zero-order valence-electron chi connectivity index (χ0n) is 9.86. The summed E-state index contributed by atoms with van der Waals surface area (Å²) >= 11 is 5.87. The number of ether oxygens (including phenoxy) is 1. The molecule has 1 amide bonds. The molecule has 1 heterocycles. The minimum Gasteiger partial charge on any atom is -0.495 e. The van der Waals surface area contributed by atoms with Gasteiger partial charge in [-0.2, -0.15) is 0 Å². The van der Waals surface area contributed by atoms with Crippen LogP contribution in [0.15, 0.2) is 29.0 Å². The number of methoxy groups -OCH3 is 1. The number of benzene rings is 1. The molecule has 1 aromatic carbocycles. The van der Waals surface area contributed by atoms with Crippen LogP contribution in [0.1, 0.15) is 16.1 Å². The van der Waals surface area contributed by atoms with Crippen molar-refractivity contribution in [3.05, 3.63) is 40.7 Å². The molecule has 6 heteroatoms. The van der Waals surface area contributed by atoms with E-state index in [1.165, 1.54) is 13.4 Å². The molecule has 0 saturated carbocycles. The minimum atomic E-state index is -0.373. The van der Waals surface area contributed by atoms with Gasteiger partial charge in [0.25, 0.3) is 5.91 Å². The van der Waals surface area contributed by atoms with Crippen LogP contribution in [0.5, 0.6) is 5.75 Å². The van der Waals surface area contributed by atoms with Gasteiger partial charge < -0.3 is 14.6 Å². The molecule has 2 rings (SSSR count). The van der Waals surface area contributed by atoms with Crippen LogP contribution in [-0.2, 0) is 0 Å². The van der Waals surface area contributed by atoms with Gasteiger partial charge in [0.1, 0.15) is 12.0 Å². The van der Waals surface area contributed by atoms with Gasteiger partial charge in [0.2, 0.25) is 0 Å². The van der Waals surface area contributed by atoms with E-state index in [0.29, 0.717) is 22.0 Å². The lowest BCUT2D eigenvalue weighted by Gasteiger charge is -2.09. The largest absolute Gasteiger partial charge is 0.495 e. The zero-order chi connectivity index (χ0) is 13.1. The molecule has 0 unspecified atom stereocenters. The van der Waals surface area contributed by atoms with Gasteiger partial charge >= 0.3 is 0 Å². The quantitative estimate of drug-likeness (QED) is 0.928. The second kappa shape index (κ2) is 5.10. The molecule has 0 atom stereocenters. The number of carbonyl (C=O) groups is 1. The SMILES string of the molecule is COc1ccc(Cl)cc1NC(=O)c1nocc1C. The van der Waals surface area contributed by atoms with E-state index in [1.807, 2.05) is 0 Å². The van der Waals surface area contributed by atoms with E-state index in [9.17, 15) is 4.79 Å². The standard InChI is InChI=1S/C12H11ClN2O3/c1-7-6-18-15-11(7)12(16)14-9-5-8(13)3-4-10(9)17-2/h3-6H,1-2H3,(H,14,16). The lowest BCUT2D eigenvalue weighted by Crippen LogP contribution is -2.14. The molecule has 1 N–H and O–H groups in total. The highest BCUT2D eigenvalue weighted by Crippen LogP contribution is 2.28. The molecule has 0 saturated heterocycles. The normalized spacial score (nSPS) is 10.2. The Morgan fingerprint density at radius 1 is 1.50 bits per heavy atom. The number of aryl methyl sites for hydroxylation is 1. The van der Waals surface area contributed by atoms with Crippen molar-refractivity contribution in [1.29, 1.82) is 0 Å². The summed E-state index contributed by atoms with van der Waals surface area (Å²) in [5, 5.41) is 6.81. The lowest BCUT2D eigenvalue weighted by atomic mass is 10.2. The van der Waals surface area contributed by atoms with Crippen LogP contribution in [0.25, 0.3) is 0 Å². The maximum atomic E-state index is 11.9. The summed E-state index contributed by atoms with van der Waals surface area (Å²) < 4.78 is 9.85. The first-order valence-electron chi connectivity index (χ1n) is 5.17. The molecule has 0 aliphatic carbocycles. The Morgan fingerprint density at radius 2 is 2.28 bits per heavy atom. The third kappa shape index (κ3) is 2.46. The van der Waals surface area contributed by atoms with Gasteiger partial charge in [0.05, 0.1) is 12.8 Å². The van der Waals surface area contributed by atoms with Crippen LogP contribution >= 0.6 is 11.6 Å². The van der Waals surface area contributed by atoms with Gasteiger partial charge in [-0.25, -0.2) is 0 Å². The first-order chi connectivity index (χ1) is 8.61. The highest BCUT2D eigenvalue weighted by Gasteiger charge is 2.15. The summed E-state index contributed by atoms with van der Waals surface area (Å²) in [6.45, 7) is 1.74. The van der Waals surface area contributed by atoms with Crippen LogP contribution in [0.4, 0.5) is 5.69 Å². The van der Waals surface area contributed by atoms with Crippen LogP contribution in [0.3, 0.4) is 0 Å². The van der Waals surface area contributed by atoms with Gasteiger partial charge in [-0.1, -0.05) is 16.8 Å². The van der Waals surface area contributed by atoms with Crippen molar-refractivity contribution in [2.24, 2.45) is 0 Å².